The van der Waals surface area contributed by atoms with Gasteiger partial charge >= 0.3 is 0 Å². The first-order valence-corrected chi connectivity index (χ1v) is 32.5. The molecule has 0 amide bonds. The van der Waals surface area contributed by atoms with E-state index in [1.54, 1.807) is 0 Å². The van der Waals surface area contributed by atoms with Crippen molar-refractivity contribution in [3.05, 3.63) is 344 Å². The molecular weight excluding hydrogens is 1190 g/mol. The quantitative estimate of drug-likeness (QED) is 0.120. The summed E-state index contributed by atoms with van der Waals surface area (Å²) in [6.45, 7) is 0. The first-order valence-electron chi connectivity index (χ1n) is 32.5. The number of benzene rings is 14. The van der Waals surface area contributed by atoms with Gasteiger partial charge in [-0.25, -0.2) is 15.0 Å². The first kappa shape index (κ1) is 58.0. The summed E-state index contributed by atoms with van der Waals surface area (Å²) >= 11 is 0. The monoisotopic (exact) mass is 1250 g/mol. The van der Waals surface area contributed by atoms with Gasteiger partial charge in [0.25, 0.3) is 0 Å². The van der Waals surface area contributed by atoms with Crippen LogP contribution in [0.5, 0.6) is 0 Å². The molecule has 3 aromatic heterocycles. The molecule has 0 fully saturated rings. The summed E-state index contributed by atoms with van der Waals surface area (Å²) < 4.78 is 4.68. The topological polar surface area (TPSA) is 120 Å². The molecule has 98 heavy (non-hydrogen) atoms. The zero-order chi connectivity index (χ0) is 65.6. The molecule has 0 saturated carbocycles. The second-order valence-corrected chi connectivity index (χ2v) is 24.4. The maximum Gasteiger partial charge on any atom is 0.164 e. The molecule has 0 aliphatic carbocycles. The lowest BCUT2D eigenvalue weighted by molar-refractivity contribution is 1.07. The second kappa shape index (κ2) is 24.6. The molecule has 454 valence electrons. The standard InChI is InChI=1S/C90H54N8/c91-55-58-25-29-65(30-26-58)76-43-41-73(97-84-45-37-68(60-15-5-1-6-16-60)49-78(84)79-50-69(38-46-85(79)97)61-17-7-2-8-18-61)53-82(76)89-94-88(67-35-33-64(34-36-67)75-24-14-13-23-72(75)57-93)95-90(96-89)83-54-74(42-44-77(83)66-31-27-59(56-92)28-32-66)98-86-47-39-70(62-19-9-3-10-20-62)51-80(86)81-52-71(40-48-87(81)98)63-21-11-4-12-22-63/h1-54H. The van der Waals surface area contributed by atoms with Crippen LogP contribution in [0.2, 0.25) is 0 Å². The van der Waals surface area contributed by atoms with E-state index in [9.17, 15) is 15.8 Å². The van der Waals surface area contributed by atoms with Gasteiger partial charge in [-0.05, 0) is 181 Å². The van der Waals surface area contributed by atoms with Crippen molar-refractivity contribution in [2.45, 2.75) is 0 Å². The summed E-state index contributed by atoms with van der Waals surface area (Å²) in [5, 5.41) is 34.9. The number of rotatable bonds is 12. The minimum atomic E-state index is 0.415. The van der Waals surface area contributed by atoms with Crippen molar-refractivity contribution in [3.63, 3.8) is 0 Å². The van der Waals surface area contributed by atoms with Crippen LogP contribution in [0.15, 0.2) is 328 Å². The van der Waals surface area contributed by atoms with E-state index < -0.39 is 0 Å². The summed E-state index contributed by atoms with van der Waals surface area (Å²) in [4.78, 5) is 16.8. The molecule has 0 atom stereocenters. The summed E-state index contributed by atoms with van der Waals surface area (Å²) in [7, 11) is 0. The van der Waals surface area contributed by atoms with E-state index in [0.29, 0.717) is 34.2 Å². The van der Waals surface area contributed by atoms with E-state index in [1.807, 2.05) is 121 Å². The molecule has 3 heterocycles. The summed E-state index contributed by atoms with van der Waals surface area (Å²) in [6, 6.07) is 120. The highest BCUT2D eigenvalue weighted by Gasteiger charge is 2.24. The van der Waals surface area contributed by atoms with E-state index in [2.05, 4.69) is 234 Å². The molecule has 17 aromatic rings. The first-order chi connectivity index (χ1) is 48.4. The minimum absolute atomic E-state index is 0.415. The highest BCUT2D eigenvalue weighted by atomic mass is 15.0. The van der Waals surface area contributed by atoms with E-state index in [-0.39, 0.29) is 0 Å². The fourth-order valence-electron chi connectivity index (χ4n) is 13.9. The average molecular weight is 1250 g/mol. The van der Waals surface area contributed by atoms with E-state index >= 15 is 0 Å². The van der Waals surface area contributed by atoms with Gasteiger partial charge in [0, 0.05) is 49.6 Å². The summed E-state index contributed by atoms with van der Waals surface area (Å²) in [5.74, 6) is 1.26. The van der Waals surface area contributed by atoms with Crippen LogP contribution in [0.4, 0.5) is 0 Å². The fraction of sp³-hybridized carbons (Fsp3) is 0. The number of hydrogen-bond acceptors (Lipinski definition) is 6. The smallest absolute Gasteiger partial charge is 0.164 e. The van der Waals surface area contributed by atoms with Crippen LogP contribution in [-0.2, 0) is 0 Å². The van der Waals surface area contributed by atoms with Crippen molar-refractivity contribution in [2.75, 3.05) is 0 Å². The molecule has 8 nitrogen and oxygen atoms in total. The van der Waals surface area contributed by atoms with Crippen molar-refractivity contribution in [1.82, 2.24) is 24.1 Å². The molecule has 0 unspecified atom stereocenters. The zero-order valence-electron chi connectivity index (χ0n) is 52.8. The Balaban J connectivity index is 0.927. The molecule has 0 saturated heterocycles. The molecule has 14 aromatic carbocycles. The third-order valence-corrected chi connectivity index (χ3v) is 18.8. The normalized spacial score (nSPS) is 11.2. The molecule has 0 N–H and O–H groups in total. The Morgan fingerprint density at radius 2 is 0.520 bits per heavy atom. The van der Waals surface area contributed by atoms with Gasteiger partial charge in [-0.15, -0.1) is 0 Å². The molecular formula is C90H54N8. The third kappa shape index (κ3) is 10.5. The Bertz CT molecular complexity index is 5580. The van der Waals surface area contributed by atoms with E-state index in [1.165, 1.54) is 0 Å². The highest BCUT2D eigenvalue weighted by Crippen LogP contribution is 2.44. The predicted molar refractivity (Wildman–Crippen MR) is 397 cm³/mol. The maximum atomic E-state index is 10.2. The number of hydrogen-bond donors (Lipinski definition) is 0. The number of fused-ring (bicyclic) bond motifs is 6. The van der Waals surface area contributed by atoms with Gasteiger partial charge in [0.2, 0.25) is 0 Å². The van der Waals surface area contributed by atoms with Gasteiger partial charge in [-0.1, -0.05) is 224 Å². The molecule has 0 bridgehead atoms. The third-order valence-electron chi connectivity index (χ3n) is 18.8. The number of aromatic nitrogens is 5. The fourth-order valence-corrected chi connectivity index (χ4v) is 13.9. The molecule has 0 radical (unpaired) electrons. The lowest BCUT2D eigenvalue weighted by Gasteiger charge is -2.17. The Hall–Kier alpha value is -13.8. The van der Waals surface area contributed by atoms with Crippen LogP contribution in [0.25, 0.3) is 167 Å². The van der Waals surface area contributed by atoms with Gasteiger partial charge < -0.3 is 9.13 Å². The molecule has 0 aliphatic heterocycles. The Labute approximate surface area is 566 Å². The second-order valence-electron chi connectivity index (χ2n) is 24.4. The molecule has 0 aliphatic rings. The van der Waals surface area contributed by atoms with Crippen LogP contribution < -0.4 is 0 Å². The highest BCUT2D eigenvalue weighted by molar-refractivity contribution is 6.13. The number of nitrogens with zero attached hydrogens (tertiary/aromatic N) is 8. The van der Waals surface area contributed by atoms with Gasteiger partial charge in [0.1, 0.15) is 0 Å². The largest absolute Gasteiger partial charge is 0.309 e. The lowest BCUT2D eigenvalue weighted by Crippen LogP contribution is -2.04. The van der Waals surface area contributed by atoms with E-state index in [4.69, 9.17) is 15.0 Å². The maximum absolute atomic E-state index is 10.2. The Kier molecular flexibility index (Phi) is 14.5. The van der Waals surface area contributed by atoms with E-state index in [0.717, 1.165) is 150 Å². The van der Waals surface area contributed by atoms with Crippen LogP contribution in [0, 0.1) is 34.0 Å². The Morgan fingerprint density at radius 1 is 0.214 bits per heavy atom. The van der Waals surface area contributed by atoms with Gasteiger partial charge in [0.15, 0.2) is 17.5 Å². The SMILES string of the molecule is N#Cc1ccc(-c2ccc(-n3c4ccc(-c5ccccc5)cc4c4cc(-c5ccccc5)ccc43)cc2-c2nc(-c3ccc(-c4ccccc4C#N)cc3)nc(-c3cc(-n4c5ccc(-c6ccccc6)cc5c5cc(-c6ccccc6)ccc54)ccc3-c3ccc(C#N)cc3)n2)cc1. The predicted octanol–water partition coefficient (Wildman–Crippen LogP) is 22.4. The van der Waals surface area contributed by atoms with Gasteiger partial charge in [-0.3, -0.25) is 0 Å². The van der Waals surface area contributed by atoms with Crippen molar-refractivity contribution >= 4 is 43.6 Å². The van der Waals surface area contributed by atoms with Crippen molar-refractivity contribution in [2.24, 2.45) is 0 Å². The minimum Gasteiger partial charge on any atom is -0.309 e. The zero-order valence-corrected chi connectivity index (χ0v) is 52.8. The molecule has 0 spiro atoms. The van der Waals surface area contributed by atoms with Crippen LogP contribution >= 0.6 is 0 Å². The van der Waals surface area contributed by atoms with Gasteiger partial charge in [-0.2, -0.15) is 15.8 Å². The van der Waals surface area contributed by atoms with Crippen molar-refractivity contribution < 1.29 is 0 Å². The van der Waals surface area contributed by atoms with Crippen LogP contribution in [0.1, 0.15) is 16.7 Å². The average Bonchev–Trinajstić information content (AvgIpc) is 1.57. The van der Waals surface area contributed by atoms with Crippen molar-refractivity contribution in [3.8, 4) is 142 Å². The summed E-state index contributed by atoms with van der Waals surface area (Å²) in [5.41, 5.74) is 23.8. The van der Waals surface area contributed by atoms with Crippen molar-refractivity contribution in [1.29, 1.82) is 15.8 Å². The lowest BCUT2D eigenvalue weighted by atomic mass is 9.96. The number of nitriles is 3. The molecule has 8 heteroatoms. The summed E-state index contributed by atoms with van der Waals surface area (Å²) in [6.07, 6.45) is 0. The van der Waals surface area contributed by atoms with Crippen LogP contribution in [-0.4, -0.2) is 24.1 Å². The molecule has 17 rings (SSSR count). The van der Waals surface area contributed by atoms with Crippen LogP contribution in [0.3, 0.4) is 0 Å². The van der Waals surface area contributed by atoms with Gasteiger partial charge in [0.05, 0.1) is 57.0 Å². The Morgan fingerprint density at radius 3 is 0.878 bits per heavy atom.